The second kappa shape index (κ2) is 6.87. The molecule has 0 aliphatic carbocycles. The van der Waals surface area contributed by atoms with E-state index in [0.29, 0.717) is 12.1 Å². The number of amides is 1. The predicted molar refractivity (Wildman–Crippen MR) is 116 cm³/mol. The molecule has 1 amide bonds. The zero-order valence-corrected chi connectivity index (χ0v) is 16.2. The van der Waals surface area contributed by atoms with Crippen molar-refractivity contribution in [3.63, 3.8) is 0 Å². The predicted octanol–water partition coefficient (Wildman–Crippen LogP) is 5.61. The summed E-state index contributed by atoms with van der Waals surface area (Å²) in [5, 5.41) is 3.66. The number of rotatable bonds is 4. The molecule has 2 heterocycles. The molecule has 5 rings (SSSR count). The highest BCUT2D eigenvalue weighted by Gasteiger charge is 2.17. The molecule has 0 bridgehead atoms. The van der Waals surface area contributed by atoms with Crippen LogP contribution in [0.15, 0.2) is 72.1 Å². The molecule has 29 heavy (non-hydrogen) atoms. The molecule has 0 spiro atoms. The van der Waals surface area contributed by atoms with E-state index in [0.717, 1.165) is 37.8 Å². The molecule has 0 unspecified atom stereocenters. The normalized spacial score (nSPS) is 11.3. The number of hydrogen-bond acceptors (Lipinski definition) is 2. The summed E-state index contributed by atoms with van der Waals surface area (Å²) in [5.41, 5.74) is 9.82. The van der Waals surface area contributed by atoms with E-state index in [9.17, 15) is 9.18 Å². The van der Waals surface area contributed by atoms with Gasteiger partial charge in [0.1, 0.15) is 5.82 Å². The standard InChI is InChI=1S/C24H16FN2OS/c25-17-5-1-4-15(12-17)14-27-20-7-2-6-19(24(26)28)23(20)18-10-9-16(13-21(18)27)22-8-3-11-29-22/h1-9,11-13H,14H2,(H2,26,28). The summed E-state index contributed by atoms with van der Waals surface area (Å²) in [5.74, 6) is -0.747. The highest BCUT2D eigenvalue weighted by atomic mass is 32.1. The van der Waals surface area contributed by atoms with Gasteiger partial charge in [-0.05, 0) is 65.0 Å². The Balaban J connectivity index is 1.82. The van der Waals surface area contributed by atoms with E-state index in [1.807, 2.05) is 35.7 Å². The highest BCUT2D eigenvalue weighted by molar-refractivity contribution is 7.13. The van der Waals surface area contributed by atoms with Crippen molar-refractivity contribution < 1.29 is 9.18 Å². The topological polar surface area (TPSA) is 48.0 Å². The minimum absolute atomic E-state index is 0.271. The molecule has 3 nitrogen and oxygen atoms in total. The molecule has 0 atom stereocenters. The molecule has 0 fully saturated rings. The molecule has 0 saturated carbocycles. The monoisotopic (exact) mass is 399 g/mol. The van der Waals surface area contributed by atoms with E-state index in [-0.39, 0.29) is 5.82 Å². The quantitative estimate of drug-likeness (QED) is 0.420. The third-order valence-electron chi connectivity index (χ3n) is 5.10. The van der Waals surface area contributed by atoms with E-state index < -0.39 is 5.91 Å². The van der Waals surface area contributed by atoms with Crippen LogP contribution in [0.3, 0.4) is 0 Å². The molecule has 5 heteroatoms. The van der Waals surface area contributed by atoms with Crippen molar-refractivity contribution in [1.29, 1.82) is 0 Å². The minimum atomic E-state index is -0.476. The number of aromatic nitrogens is 1. The Morgan fingerprint density at radius 3 is 2.69 bits per heavy atom. The number of primary amides is 1. The number of nitrogens with zero attached hydrogens (tertiary/aromatic N) is 1. The fourth-order valence-electron chi connectivity index (χ4n) is 3.83. The number of carbonyl (C=O) groups excluding carboxylic acids is 1. The summed E-state index contributed by atoms with van der Waals surface area (Å²) >= 11 is 1.66. The second-order valence-electron chi connectivity index (χ2n) is 6.91. The highest BCUT2D eigenvalue weighted by Crippen LogP contribution is 2.35. The van der Waals surface area contributed by atoms with Crippen LogP contribution in [0.5, 0.6) is 0 Å². The first kappa shape index (κ1) is 17.6. The lowest BCUT2D eigenvalue weighted by atomic mass is 10.0. The van der Waals surface area contributed by atoms with Gasteiger partial charge in [0.2, 0.25) is 5.91 Å². The molecule has 141 valence electrons. The molecular formula is C24H16FN2OS. The van der Waals surface area contributed by atoms with Gasteiger partial charge in [0.25, 0.3) is 0 Å². The van der Waals surface area contributed by atoms with E-state index in [2.05, 4.69) is 22.8 Å². The summed E-state index contributed by atoms with van der Waals surface area (Å²) in [4.78, 5) is 13.2. The van der Waals surface area contributed by atoms with Gasteiger partial charge >= 0.3 is 0 Å². The van der Waals surface area contributed by atoms with Crippen molar-refractivity contribution in [2.75, 3.05) is 0 Å². The fraction of sp³-hybridized carbons (Fsp3) is 0.0417. The summed E-state index contributed by atoms with van der Waals surface area (Å²) in [6.07, 6.45) is 0. The Morgan fingerprint density at radius 1 is 1.07 bits per heavy atom. The average molecular weight is 399 g/mol. The Labute approximate surface area is 170 Å². The van der Waals surface area contributed by atoms with E-state index in [1.54, 1.807) is 23.5 Å². The average Bonchev–Trinajstić information content (AvgIpc) is 3.35. The van der Waals surface area contributed by atoms with Crippen LogP contribution in [0.2, 0.25) is 0 Å². The number of fused-ring (bicyclic) bond motifs is 3. The number of hydrogen-bond donors (Lipinski definition) is 1. The molecule has 0 aliphatic heterocycles. The van der Waals surface area contributed by atoms with Crippen LogP contribution in [0.4, 0.5) is 4.39 Å². The number of halogens is 1. The Morgan fingerprint density at radius 2 is 1.93 bits per heavy atom. The lowest BCUT2D eigenvalue weighted by Gasteiger charge is -2.09. The van der Waals surface area contributed by atoms with Gasteiger partial charge in [-0.15, -0.1) is 11.3 Å². The first-order chi connectivity index (χ1) is 14.1. The first-order valence-electron chi connectivity index (χ1n) is 9.16. The third-order valence-corrected chi connectivity index (χ3v) is 6.01. The van der Waals surface area contributed by atoms with Crippen LogP contribution in [-0.4, -0.2) is 10.5 Å². The van der Waals surface area contributed by atoms with Crippen LogP contribution in [0.25, 0.3) is 32.2 Å². The van der Waals surface area contributed by atoms with Crippen molar-refractivity contribution in [3.05, 3.63) is 95.1 Å². The number of carbonyl (C=O) groups is 1. The van der Waals surface area contributed by atoms with Crippen molar-refractivity contribution in [1.82, 2.24) is 4.57 Å². The molecule has 0 aliphatic rings. The first-order valence-corrected chi connectivity index (χ1v) is 10.0. The molecule has 1 radical (unpaired) electrons. The van der Waals surface area contributed by atoms with Crippen molar-refractivity contribution in [2.45, 2.75) is 6.54 Å². The zero-order chi connectivity index (χ0) is 20.0. The van der Waals surface area contributed by atoms with Crippen LogP contribution in [0, 0.1) is 11.9 Å². The second-order valence-corrected chi connectivity index (χ2v) is 7.85. The van der Waals surface area contributed by atoms with Gasteiger partial charge < -0.3 is 10.3 Å². The van der Waals surface area contributed by atoms with Gasteiger partial charge in [0, 0.05) is 27.8 Å². The van der Waals surface area contributed by atoms with E-state index >= 15 is 0 Å². The van der Waals surface area contributed by atoms with Gasteiger partial charge in [-0.1, -0.05) is 24.3 Å². The van der Waals surface area contributed by atoms with Crippen LogP contribution >= 0.6 is 11.3 Å². The third kappa shape index (κ3) is 3.00. The molecule has 2 aromatic heterocycles. The lowest BCUT2D eigenvalue weighted by molar-refractivity contribution is 0.100. The largest absolute Gasteiger partial charge is 0.366 e. The molecular weight excluding hydrogens is 383 g/mol. The Hall–Kier alpha value is -3.44. The Kier molecular flexibility index (Phi) is 4.18. The fourth-order valence-corrected chi connectivity index (χ4v) is 4.55. The maximum absolute atomic E-state index is 13.8. The number of benzene rings is 3. The van der Waals surface area contributed by atoms with Gasteiger partial charge in [0.15, 0.2) is 0 Å². The Bertz CT molecular complexity index is 1370. The number of nitrogens with two attached hydrogens (primary N) is 1. The molecule has 0 saturated heterocycles. The van der Waals surface area contributed by atoms with Crippen LogP contribution in [-0.2, 0) is 6.54 Å². The van der Waals surface area contributed by atoms with E-state index in [4.69, 9.17) is 5.73 Å². The maximum atomic E-state index is 13.8. The van der Waals surface area contributed by atoms with E-state index in [1.165, 1.54) is 12.1 Å². The SMILES string of the molecule is NC(=O)c1cccc2c1c1[c]cc(-c3cccs3)cc1n2Cc1cccc(F)c1. The molecule has 3 aromatic carbocycles. The number of thiophene rings is 1. The van der Waals surface area contributed by atoms with Crippen molar-refractivity contribution in [2.24, 2.45) is 5.73 Å². The van der Waals surface area contributed by atoms with Crippen molar-refractivity contribution in [3.8, 4) is 10.4 Å². The maximum Gasteiger partial charge on any atom is 0.249 e. The minimum Gasteiger partial charge on any atom is -0.366 e. The summed E-state index contributed by atoms with van der Waals surface area (Å²) in [6.45, 7) is 0.474. The summed E-state index contributed by atoms with van der Waals surface area (Å²) in [6, 6.07) is 23.6. The van der Waals surface area contributed by atoms with Gasteiger partial charge in [-0.25, -0.2) is 4.39 Å². The van der Waals surface area contributed by atoms with Gasteiger partial charge in [0.05, 0.1) is 11.0 Å². The molecule has 2 N–H and O–H groups in total. The molecule has 5 aromatic rings. The smallest absolute Gasteiger partial charge is 0.249 e. The zero-order valence-electron chi connectivity index (χ0n) is 15.4. The lowest BCUT2D eigenvalue weighted by Crippen LogP contribution is -2.11. The summed E-state index contributed by atoms with van der Waals surface area (Å²) < 4.78 is 15.9. The van der Waals surface area contributed by atoms with Crippen LogP contribution in [0.1, 0.15) is 15.9 Å². The summed E-state index contributed by atoms with van der Waals surface area (Å²) in [7, 11) is 0. The van der Waals surface area contributed by atoms with Crippen LogP contribution < -0.4 is 5.73 Å². The van der Waals surface area contributed by atoms with Crippen molar-refractivity contribution >= 4 is 39.0 Å². The van der Waals surface area contributed by atoms with Gasteiger partial charge in [-0.2, -0.15) is 0 Å². The van der Waals surface area contributed by atoms with Gasteiger partial charge in [-0.3, -0.25) is 4.79 Å².